The predicted molar refractivity (Wildman–Crippen MR) is 74.8 cm³/mol. The first kappa shape index (κ1) is 12.4. The molecule has 18 heavy (non-hydrogen) atoms. The van der Waals surface area contributed by atoms with Crippen molar-refractivity contribution in [2.24, 2.45) is 0 Å². The summed E-state index contributed by atoms with van der Waals surface area (Å²) in [6.45, 7) is 6.02. The molecule has 0 aliphatic heterocycles. The fourth-order valence-electron chi connectivity index (χ4n) is 2.45. The maximum Gasteiger partial charge on any atom is 0.182 e. The Balaban J connectivity index is 2.52. The van der Waals surface area contributed by atoms with Crippen molar-refractivity contribution in [2.75, 3.05) is 5.73 Å². The van der Waals surface area contributed by atoms with Crippen molar-refractivity contribution < 1.29 is 0 Å². The lowest BCUT2D eigenvalue weighted by molar-refractivity contribution is 0.598. The number of benzene rings is 1. The smallest absolute Gasteiger partial charge is 0.182 e. The molecule has 0 saturated heterocycles. The first-order chi connectivity index (χ1) is 8.49. The Morgan fingerprint density at radius 3 is 2.28 bits per heavy atom. The molecule has 0 aliphatic carbocycles. The number of aromatic nitrogens is 1. The summed E-state index contributed by atoms with van der Waals surface area (Å²) in [5.74, 6) is 0. The summed E-state index contributed by atoms with van der Waals surface area (Å²) >= 11 is 0. The van der Waals surface area contributed by atoms with Gasteiger partial charge in [-0.15, -0.1) is 0 Å². The van der Waals surface area contributed by atoms with E-state index in [9.17, 15) is 4.79 Å². The third-order valence-corrected chi connectivity index (χ3v) is 3.24. The van der Waals surface area contributed by atoms with Gasteiger partial charge < -0.3 is 10.3 Å². The van der Waals surface area contributed by atoms with Crippen molar-refractivity contribution in [3.63, 3.8) is 0 Å². The van der Waals surface area contributed by atoms with Gasteiger partial charge in [-0.25, -0.2) is 0 Å². The van der Waals surface area contributed by atoms with Crippen LogP contribution in [0.3, 0.4) is 0 Å². The number of rotatable bonds is 2. The molecule has 1 aromatic heterocycles. The van der Waals surface area contributed by atoms with Crippen LogP contribution in [0.4, 0.5) is 5.69 Å². The lowest BCUT2D eigenvalue weighted by Gasteiger charge is -2.22. The first-order valence-corrected chi connectivity index (χ1v) is 6.04. The number of nitrogen functional groups attached to an aromatic ring is 1. The lowest BCUT2D eigenvalue weighted by atomic mass is 10.1. The Morgan fingerprint density at radius 1 is 1.11 bits per heavy atom. The van der Waals surface area contributed by atoms with Crippen molar-refractivity contribution in [2.45, 2.75) is 26.8 Å². The minimum atomic E-state index is 0.0565. The third kappa shape index (κ3) is 2.30. The summed E-state index contributed by atoms with van der Waals surface area (Å²) in [7, 11) is 0. The molecule has 0 saturated carbocycles. The van der Waals surface area contributed by atoms with Crippen LogP contribution in [0.5, 0.6) is 0 Å². The summed E-state index contributed by atoms with van der Waals surface area (Å²) in [6.07, 6.45) is 0. The molecule has 0 amide bonds. The number of nitrogens with two attached hydrogens (primary N) is 1. The highest BCUT2D eigenvalue weighted by atomic mass is 16.1. The zero-order chi connectivity index (χ0) is 13.3. The largest absolute Gasteiger partial charge is 0.399 e. The SMILES string of the molecule is Cc1cc(=O)cc(C)n1C(C)c1cccc(N)c1. The molecule has 94 valence electrons. The van der Waals surface area contributed by atoms with Gasteiger partial charge in [0, 0.05) is 29.2 Å². The highest BCUT2D eigenvalue weighted by Crippen LogP contribution is 2.22. The number of nitrogens with zero attached hydrogens (tertiary/aromatic N) is 1. The fourth-order valence-corrected chi connectivity index (χ4v) is 2.45. The predicted octanol–water partition coefficient (Wildman–Crippen LogP) is 2.66. The van der Waals surface area contributed by atoms with E-state index in [1.807, 2.05) is 32.0 Å². The molecule has 0 aliphatic rings. The molecular formula is C15H18N2O. The van der Waals surface area contributed by atoms with Gasteiger partial charge >= 0.3 is 0 Å². The molecule has 1 atom stereocenters. The topological polar surface area (TPSA) is 48.0 Å². The van der Waals surface area contributed by atoms with Crippen molar-refractivity contribution in [1.29, 1.82) is 0 Å². The van der Waals surface area contributed by atoms with Crippen LogP contribution in [0.1, 0.15) is 29.9 Å². The highest BCUT2D eigenvalue weighted by molar-refractivity contribution is 5.42. The van der Waals surface area contributed by atoms with Gasteiger partial charge in [0.1, 0.15) is 0 Å². The minimum absolute atomic E-state index is 0.0565. The van der Waals surface area contributed by atoms with Gasteiger partial charge in [0.25, 0.3) is 0 Å². The number of pyridine rings is 1. The zero-order valence-electron chi connectivity index (χ0n) is 11.0. The Morgan fingerprint density at radius 2 is 1.72 bits per heavy atom. The number of anilines is 1. The maximum absolute atomic E-state index is 11.4. The summed E-state index contributed by atoms with van der Waals surface area (Å²) in [5, 5.41) is 0. The molecule has 2 rings (SSSR count). The van der Waals surface area contributed by atoms with Crippen LogP contribution in [0.25, 0.3) is 0 Å². The number of aryl methyl sites for hydroxylation is 2. The average molecular weight is 242 g/mol. The summed E-state index contributed by atoms with van der Waals surface area (Å²) in [5.41, 5.74) is 9.71. The van der Waals surface area contributed by atoms with Gasteiger partial charge in [-0.3, -0.25) is 4.79 Å². The molecule has 0 bridgehead atoms. The van der Waals surface area contributed by atoms with Crippen LogP contribution in [0, 0.1) is 13.8 Å². The average Bonchev–Trinajstić information content (AvgIpc) is 2.27. The Hall–Kier alpha value is -2.03. The van der Waals surface area contributed by atoms with Gasteiger partial charge in [0.2, 0.25) is 0 Å². The molecule has 1 unspecified atom stereocenters. The van der Waals surface area contributed by atoms with Crippen molar-refractivity contribution in [3.05, 3.63) is 63.6 Å². The van der Waals surface area contributed by atoms with E-state index in [0.717, 1.165) is 22.6 Å². The molecule has 3 nitrogen and oxygen atoms in total. The second-order valence-corrected chi connectivity index (χ2v) is 4.69. The standard InChI is InChI=1S/C15H18N2O/c1-10-7-15(18)8-11(2)17(10)12(3)13-5-4-6-14(16)9-13/h4-9,12H,16H2,1-3H3. The molecular weight excluding hydrogens is 224 g/mol. The molecule has 0 fully saturated rings. The van der Waals surface area contributed by atoms with Crippen LogP contribution >= 0.6 is 0 Å². The van der Waals surface area contributed by atoms with Crippen LogP contribution in [0.15, 0.2) is 41.2 Å². The van der Waals surface area contributed by atoms with E-state index in [1.54, 1.807) is 12.1 Å². The van der Waals surface area contributed by atoms with Crippen molar-refractivity contribution >= 4 is 5.69 Å². The van der Waals surface area contributed by atoms with Crippen molar-refractivity contribution in [1.82, 2.24) is 4.57 Å². The van der Waals surface area contributed by atoms with Gasteiger partial charge in [-0.2, -0.15) is 0 Å². The van der Waals surface area contributed by atoms with Gasteiger partial charge in [-0.05, 0) is 38.5 Å². The van der Waals surface area contributed by atoms with E-state index < -0.39 is 0 Å². The summed E-state index contributed by atoms with van der Waals surface area (Å²) in [6, 6.07) is 11.3. The first-order valence-electron chi connectivity index (χ1n) is 6.04. The van der Waals surface area contributed by atoms with Crippen LogP contribution in [-0.2, 0) is 0 Å². The van der Waals surface area contributed by atoms with E-state index in [4.69, 9.17) is 5.73 Å². The molecule has 0 radical (unpaired) electrons. The Labute approximate surface area is 107 Å². The lowest BCUT2D eigenvalue weighted by Crippen LogP contribution is -2.17. The van der Waals surface area contributed by atoms with Gasteiger partial charge in [-0.1, -0.05) is 12.1 Å². The quantitative estimate of drug-likeness (QED) is 0.823. The maximum atomic E-state index is 11.4. The number of hydrogen-bond donors (Lipinski definition) is 1. The minimum Gasteiger partial charge on any atom is -0.399 e. The Bertz CT molecular complexity index is 602. The molecule has 2 aromatic rings. The Kier molecular flexibility index (Phi) is 3.24. The number of hydrogen-bond acceptors (Lipinski definition) is 2. The van der Waals surface area contributed by atoms with Crippen molar-refractivity contribution in [3.8, 4) is 0 Å². The fraction of sp³-hybridized carbons (Fsp3) is 0.267. The monoisotopic (exact) mass is 242 g/mol. The highest BCUT2D eigenvalue weighted by Gasteiger charge is 2.11. The second kappa shape index (κ2) is 4.69. The van der Waals surface area contributed by atoms with E-state index in [1.165, 1.54) is 0 Å². The van der Waals surface area contributed by atoms with E-state index in [0.29, 0.717) is 0 Å². The molecule has 2 N–H and O–H groups in total. The van der Waals surface area contributed by atoms with Gasteiger partial charge in [0.15, 0.2) is 5.43 Å². The van der Waals surface area contributed by atoms with Crippen LogP contribution in [0.2, 0.25) is 0 Å². The molecule has 1 heterocycles. The van der Waals surface area contributed by atoms with E-state index in [2.05, 4.69) is 17.6 Å². The molecule has 0 spiro atoms. The van der Waals surface area contributed by atoms with E-state index in [-0.39, 0.29) is 11.5 Å². The van der Waals surface area contributed by atoms with Crippen LogP contribution in [-0.4, -0.2) is 4.57 Å². The van der Waals surface area contributed by atoms with Crippen LogP contribution < -0.4 is 11.2 Å². The summed E-state index contributed by atoms with van der Waals surface area (Å²) in [4.78, 5) is 11.4. The second-order valence-electron chi connectivity index (χ2n) is 4.69. The normalized spacial score (nSPS) is 12.4. The van der Waals surface area contributed by atoms with Gasteiger partial charge in [0.05, 0.1) is 6.04 Å². The van der Waals surface area contributed by atoms with E-state index >= 15 is 0 Å². The zero-order valence-corrected chi connectivity index (χ0v) is 11.0. The molecule has 1 aromatic carbocycles. The molecule has 3 heteroatoms. The summed E-state index contributed by atoms with van der Waals surface area (Å²) < 4.78 is 2.15. The third-order valence-electron chi connectivity index (χ3n) is 3.24.